The van der Waals surface area contributed by atoms with Gasteiger partial charge in [-0.25, -0.2) is 0 Å². The molecular formula is C21H19NO3. The summed E-state index contributed by atoms with van der Waals surface area (Å²) in [4.78, 5) is 12.3. The highest BCUT2D eigenvalue weighted by atomic mass is 16.5. The molecular weight excluding hydrogens is 314 g/mol. The quantitative estimate of drug-likeness (QED) is 0.726. The molecule has 1 amide bonds. The van der Waals surface area contributed by atoms with Gasteiger partial charge in [0.15, 0.2) is 0 Å². The Hall–Kier alpha value is -3.27. The first-order valence-corrected chi connectivity index (χ1v) is 7.99. The zero-order valence-electron chi connectivity index (χ0n) is 13.9. The van der Waals surface area contributed by atoms with Crippen molar-refractivity contribution in [1.82, 2.24) is 5.32 Å². The molecule has 3 aromatic rings. The van der Waals surface area contributed by atoms with Gasteiger partial charge in [-0.1, -0.05) is 30.3 Å². The number of hydrogen-bond donors (Lipinski definition) is 1. The number of carbonyl (C=O) groups excluding carboxylic acids is 1. The van der Waals surface area contributed by atoms with Crippen molar-refractivity contribution in [2.45, 2.75) is 6.54 Å². The van der Waals surface area contributed by atoms with Crippen LogP contribution in [0.2, 0.25) is 0 Å². The van der Waals surface area contributed by atoms with E-state index < -0.39 is 0 Å². The van der Waals surface area contributed by atoms with Crippen LogP contribution in [0.1, 0.15) is 15.9 Å². The Morgan fingerprint density at radius 1 is 0.840 bits per heavy atom. The van der Waals surface area contributed by atoms with Crippen molar-refractivity contribution < 1.29 is 14.3 Å². The number of methoxy groups -OCH3 is 1. The van der Waals surface area contributed by atoms with Crippen molar-refractivity contribution in [2.24, 2.45) is 0 Å². The molecule has 0 unspecified atom stereocenters. The van der Waals surface area contributed by atoms with E-state index in [0.29, 0.717) is 17.9 Å². The maximum Gasteiger partial charge on any atom is 0.251 e. The van der Waals surface area contributed by atoms with Crippen LogP contribution in [0.3, 0.4) is 0 Å². The first kappa shape index (κ1) is 16.6. The molecule has 25 heavy (non-hydrogen) atoms. The average Bonchev–Trinajstić information content (AvgIpc) is 2.67. The normalized spacial score (nSPS) is 10.1. The van der Waals surface area contributed by atoms with Crippen molar-refractivity contribution in [3.8, 4) is 17.2 Å². The van der Waals surface area contributed by atoms with Gasteiger partial charge in [0.2, 0.25) is 0 Å². The fraction of sp³-hybridized carbons (Fsp3) is 0.0952. The molecule has 0 aliphatic carbocycles. The molecule has 3 rings (SSSR count). The van der Waals surface area contributed by atoms with Crippen LogP contribution >= 0.6 is 0 Å². The summed E-state index contributed by atoms with van der Waals surface area (Å²) < 4.78 is 10.9. The monoisotopic (exact) mass is 333 g/mol. The van der Waals surface area contributed by atoms with Gasteiger partial charge in [-0.3, -0.25) is 4.79 Å². The Labute approximate surface area is 147 Å². The van der Waals surface area contributed by atoms with Gasteiger partial charge in [0.25, 0.3) is 5.91 Å². The molecule has 0 atom stereocenters. The maximum atomic E-state index is 12.3. The van der Waals surface area contributed by atoms with E-state index in [1.165, 1.54) is 0 Å². The Balaban J connectivity index is 1.58. The van der Waals surface area contributed by atoms with Crippen molar-refractivity contribution in [3.05, 3.63) is 90.0 Å². The number of hydrogen-bond acceptors (Lipinski definition) is 3. The Bertz CT molecular complexity index is 829. The van der Waals surface area contributed by atoms with Crippen molar-refractivity contribution in [2.75, 3.05) is 7.11 Å². The fourth-order valence-corrected chi connectivity index (χ4v) is 2.37. The van der Waals surface area contributed by atoms with Crippen molar-refractivity contribution in [3.63, 3.8) is 0 Å². The van der Waals surface area contributed by atoms with Gasteiger partial charge in [0.05, 0.1) is 7.11 Å². The Morgan fingerprint density at radius 3 is 2.24 bits per heavy atom. The molecule has 0 spiro atoms. The second kappa shape index (κ2) is 8.02. The minimum Gasteiger partial charge on any atom is -0.497 e. The van der Waals surface area contributed by atoms with Gasteiger partial charge in [0, 0.05) is 12.1 Å². The zero-order valence-corrected chi connectivity index (χ0v) is 13.9. The summed E-state index contributed by atoms with van der Waals surface area (Å²) in [6.07, 6.45) is 0. The van der Waals surface area contributed by atoms with E-state index >= 15 is 0 Å². The van der Waals surface area contributed by atoms with Crippen LogP contribution in [0.15, 0.2) is 78.9 Å². The molecule has 0 heterocycles. The lowest BCUT2D eigenvalue weighted by Crippen LogP contribution is -2.22. The van der Waals surface area contributed by atoms with Gasteiger partial charge in [-0.05, 0) is 54.1 Å². The highest BCUT2D eigenvalue weighted by Gasteiger charge is 2.06. The molecule has 4 nitrogen and oxygen atoms in total. The molecule has 0 aliphatic heterocycles. The number of nitrogens with one attached hydrogen (secondary N) is 1. The number of rotatable bonds is 6. The molecule has 0 radical (unpaired) electrons. The largest absolute Gasteiger partial charge is 0.497 e. The Morgan fingerprint density at radius 2 is 1.52 bits per heavy atom. The number of carbonyl (C=O) groups is 1. The van der Waals surface area contributed by atoms with E-state index in [1.54, 1.807) is 31.4 Å². The number of ether oxygens (including phenoxy) is 2. The summed E-state index contributed by atoms with van der Waals surface area (Å²) in [5.41, 5.74) is 1.57. The SMILES string of the molecule is COc1cccc(CNC(=O)c2ccc(Oc3ccccc3)cc2)c1. The predicted octanol–water partition coefficient (Wildman–Crippen LogP) is 4.42. The van der Waals surface area contributed by atoms with E-state index in [0.717, 1.165) is 17.1 Å². The minimum absolute atomic E-state index is 0.130. The molecule has 0 fully saturated rings. The van der Waals surface area contributed by atoms with E-state index in [-0.39, 0.29) is 5.91 Å². The minimum atomic E-state index is -0.130. The number of para-hydroxylation sites is 1. The lowest BCUT2D eigenvalue weighted by atomic mass is 10.2. The van der Waals surface area contributed by atoms with Crippen LogP contribution in [0.4, 0.5) is 0 Å². The highest BCUT2D eigenvalue weighted by molar-refractivity contribution is 5.94. The summed E-state index contributed by atoms with van der Waals surface area (Å²) in [7, 11) is 1.62. The van der Waals surface area contributed by atoms with Gasteiger partial charge >= 0.3 is 0 Å². The fourth-order valence-electron chi connectivity index (χ4n) is 2.37. The first-order valence-electron chi connectivity index (χ1n) is 7.99. The molecule has 0 bridgehead atoms. The van der Waals surface area contributed by atoms with Crippen LogP contribution in [0.5, 0.6) is 17.2 Å². The third-order valence-corrected chi connectivity index (χ3v) is 3.68. The van der Waals surface area contributed by atoms with E-state index in [9.17, 15) is 4.79 Å². The van der Waals surface area contributed by atoms with E-state index in [1.807, 2.05) is 54.6 Å². The van der Waals surface area contributed by atoms with Crippen LogP contribution in [0, 0.1) is 0 Å². The molecule has 0 saturated carbocycles. The second-order valence-electron chi connectivity index (χ2n) is 5.47. The molecule has 126 valence electrons. The van der Waals surface area contributed by atoms with Crippen LogP contribution < -0.4 is 14.8 Å². The molecule has 4 heteroatoms. The van der Waals surface area contributed by atoms with Crippen molar-refractivity contribution in [1.29, 1.82) is 0 Å². The third-order valence-electron chi connectivity index (χ3n) is 3.68. The van der Waals surface area contributed by atoms with Crippen molar-refractivity contribution >= 4 is 5.91 Å². The summed E-state index contributed by atoms with van der Waals surface area (Å²) in [6.45, 7) is 0.443. The van der Waals surface area contributed by atoms with Crippen LogP contribution in [-0.4, -0.2) is 13.0 Å². The van der Waals surface area contributed by atoms with Gasteiger partial charge in [-0.15, -0.1) is 0 Å². The number of amides is 1. The second-order valence-corrected chi connectivity index (χ2v) is 5.47. The van der Waals surface area contributed by atoms with E-state index in [4.69, 9.17) is 9.47 Å². The van der Waals surface area contributed by atoms with Crippen LogP contribution in [0.25, 0.3) is 0 Å². The standard InChI is InChI=1S/C21H19NO3/c1-24-20-9-5-6-16(14-20)15-22-21(23)17-10-12-19(13-11-17)25-18-7-3-2-4-8-18/h2-14H,15H2,1H3,(H,22,23). The maximum absolute atomic E-state index is 12.3. The molecule has 0 saturated heterocycles. The first-order chi connectivity index (χ1) is 12.2. The van der Waals surface area contributed by atoms with E-state index in [2.05, 4.69) is 5.32 Å². The molecule has 3 aromatic carbocycles. The summed E-state index contributed by atoms with van der Waals surface area (Å²) in [6, 6.07) is 24.2. The summed E-state index contributed by atoms with van der Waals surface area (Å²) in [5.74, 6) is 2.09. The lowest BCUT2D eigenvalue weighted by Gasteiger charge is -2.08. The lowest BCUT2D eigenvalue weighted by molar-refractivity contribution is 0.0951. The summed E-state index contributed by atoms with van der Waals surface area (Å²) in [5, 5.41) is 2.90. The molecule has 0 aliphatic rings. The Kier molecular flexibility index (Phi) is 5.32. The topological polar surface area (TPSA) is 47.6 Å². The average molecular weight is 333 g/mol. The molecule has 0 aromatic heterocycles. The smallest absolute Gasteiger partial charge is 0.251 e. The molecule has 1 N–H and O–H groups in total. The number of benzene rings is 3. The third kappa shape index (κ3) is 4.61. The summed E-state index contributed by atoms with van der Waals surface area (Å²) >= 11 is 0. The van der Waals surface area contributed by atoms with Crippen LogP contribution in [-0.2, 0) is 6.54 Å². The van der Waals surface area contributed by atoms with Gasteiger partial charge in [0.1, 0.15) is 17.2 Å². The highest BCUT2D eigenvalue weighted by Crippen LogP contribution is 2.21. The predicted molar refractivity (Wildman–Crippen MR) is 97.1 cm³/mol. The van der Waals surface area contributed by atoms with Gasteiger partial charge in [-0.2, -0.15) is 0 Å². The van der Waals surface area contributed by atoms with Gasteiger partial charge < -0.3 is 14.8 Å². The zero-order chi connectivity index (χ0) is 17.5.